The Morgan fingerprint density at radius 2 is 1.89 bits per heavy atom. The first-order valence-electron chi connectivity index (χ1n) is 5.93. The average molecular weight is 385 g/mol. The minimum absolute atomic E-state index is 0.132. The largest absolute Gasteiger partial charge is 0.302 e. The molecular weight excluding hydrogens is 368 g/mol. The van der Waals surface area contributed by atoms with E-state index in [0.717, 1.165) is 31.1 Å². The summed E-state index contributed by atoms with van der Waals surface area (Å²) in [5, 5.41) is 1.01. The maximum Gasteiger partial charge on any atom is 0.144 e. The summed E-state index contributed by atoms with van der Waals surface area (Å²) in [5.41, 5.74) is 0.132. The van der Waals surface area contributed by atoms with Crippen LogP contribution in [0.1, 0.15) is 24.8 Å². The zero-order chi connectivity index (χ0) is 13.5. The summed E-state index contributed by atoms with van der Waals surface area (Å²) in [7, 11) is 1.88. The standard InChI is InChI=1S/C13H17Br2F2N/c1-18(8-4-2-3-7-14)9-10-12(16)6-5-11(15)13(10)17/h5-6H,2-4,7-9H2,1H3. The van der Waals surface area contributed by atoms with E-state index in [1.807, 2.05) is 11.9 Å². The number of nitrogens with zero attached hydrogens (tertiary/aromatic N) is 1. The smallest absolute Gasteiger partial charge is 0.144 e. The summed E-state index contributed by atoms with van der Waals surface area (Å²) in [6.45, 7) is 1.14. The summed E-state index contributed by atoms with van der Waals surface area (Å²) >= 11 is 6.46. The van der Waals surface area contributed by atoms with E-state index in [1.54, 1.807) is 0 Å². The number of halogens is 4. The summed E-state index contributed by atoms with van der Waals surface area (Å²) < 4.78 is 27.6. The highest BCUT2D eigenvalue weighted by Gasteiger charge is 2.13. The van der Waals surface area contributed by atoms with Gasteiger partial charge in [-0.25, -0.2) is 8.78 Å². The van der Waals surface area contributed by atoms with Crippen LogP contribution in [0.15, 0.2) is 16.6 Å². The second-order valence-electron chi connectivity index (χ2n) is 4.31. The minimum Gasteiger partial charge on any atom is -0.302 e. The molecule has 0 fully saturated rings. The van der Waals surface area contributed by atoms with E-state index < -0.39 is 11.6 Å². The molecule has 102 valence electrons. The van der Waals surface area contributed by atoms with Crippen LogP contribution < -0.4 is 0 Å². The third-order valence-corrected chi connectivity index (χ3v) is 3.91. The number of unbranched alkanes of at least 4 members (excludes halogenated alkanes) is 2. The van der Waals surface area contributed by atoms with Crippen LogP contribution in [0.3, 0.4) is 0 Å². The van der Waals surface area contributed by atoms with Gasteiger partial charge in [-0.3, -0.25) is 0 Å². The maximum atomic E-state index is 13.7. The van der Waals surface area contributed by atoms with Crippen molar-refractivity contribution >= 4 is 31.9 Å². The molecule has 0 saturated carbocycles. The molecule has 18 heavy (non-hydrogen) atoms. The molecule has 0 aliphatic heterocycles. The number of hydrogen-bond donors (Lipinski definition) is 0. The van der Waals surface area contributed by atoms with Crippen molar-refractivity contribution in [3.8, 4) is 0 Å². The molecule has 1 aromatic carbocycles. The summed E-state index contributed by atoms with van der Waals surface area (Å²) in [5.74, 6) is -0.981. The number of rotatable bonds is 7. The Morgan fingerprint density at radius 1 is 1.17 bits per heavy atom. The normalized spacial score (nSPS) is 11.2. The second-order valence-corrected chi connectivity index (χ2v) is 5.96. The van der Waals surface area contributed by atoms with E-state index in [4.69, 9.17) is 0 Å². The van der Waals surface area contributed by atoms with Gasteiger partial charge >= 0.3 is 0 Å². The molecule has 0 radical (unpaired) electrons. The van der Waals surface area contributed by atoms with Crippen molar-refractivity contribution in [3.05, 3.63) is 33.8 Å². The van der Waals surface area contributed by atoms with Crippen molar-refractivity contribution in [3.63, 3.8) is 0 Å². The molecule has 0 bridgehead atoms. The van der Waals surface area contributed by atoms with Crippen LogP contribution in [0.4, 0.5) is 8.78 Å². The lowest BCUT2D eigenvalue weighted by molar-refractivity contribution is 0.307. The molecule has 0 spiro atoms. The molecule has 1 aromatic rings. The SMILES string of the molecule is CN(CCCCCBr)Cc1c(F)ccc(Br)c1F. The molecule has 0 heterocycles. The molecule has 0 aliphatic carbocycles. The van der Waals surface area contributed by atoms with Gasteiger partial charge in [0.25, 0.3) is 0 Å². The van der Waals surface area contributed by atoms with E-state index in [2.05, 4.69) is 31.9 Å². The Kier molecular flexibility index (Phi) is 7.34. The van der Waals surface area contributed by atoms with Gasteiger partial charge in [0.05, 0.1) is 4.47 Å². The first-order valence-corrected chi connectivity index (χ1v) is 7.84. The Labute approximate surface area is 124 Å². The highest BCUT2D eigenvalue weighted by Crippen LogP contribution is 2.22. The van der Waals surface area contributed by atoms with E-state index in [0.29, 0.717) is 11.0 Å². The van der Waals surface area contributed by atoms with Crippen molar-refractivity contribution in [2.45, 2.75) is 25.8 Å². The molecule has 0 atom stereocenters. The van der Waals surface area contributed by atoms with Crippen molar-refractivity contribution in [1.82, 2.24) is 4.90 Å². The fourth-order valence-corrected chi connectivity index (χ4v) is 2.48. The zero-order valence-corrected chi connectivity index (χ0v) is 13.5. The number of alkyl halides is 1. The molecule has 5 heteroatoms. The average Bonchev–Trinajstić information content (AvgIpc) is 2.35. The highest BCUT2D eigenvalue weighted by atomic mass is 79.9. The maximum absolute atomic E-state index is 13.7. The van der Waals surface area contributed by atoms with Crippen molar-refractivity contribution in [2.75, 3.05) is 18.9 Å². The molecule has 0 aliphatic rings. The molecule has 0 N–H and O–H groups in total. The van der Waals surface area contributed by atoms with Gasteiger partial charge in [-0.2, -0.15) is 0 Å². The molecule has 1 rings (SSSR count). The lowest BCUT2D eigenvalue weighted by Gasteiger charge is -2.17. The molecule has 0 saturated heterocycles. The summed E-state index contributed by atoms with van der Waals surface area (Å²) in [6, 6.07) is 2.69. The van der Waals surface area contributed by atoms with Gasteiger partial charge in [0.1, 0.15) is 11.6 Å². The lowest BCUT2D eigenvalue weighted by Crippen LogP contribution is -2.20. The Hall–Kier alpha value is -0.0000000000000000555. The summed E-state index contributed by atoms with van der Waals surface area (Å²) in [6.07, 6.45) is 3.30. The third kappa shape index (κ3) is 4.94. The molecular formula is C13H17Br2F2N. The Bertz CT molecular complexity index is 385. The van der Waals surface area contributed by atoms with E-state index in [9.17, 15) is 8.78 Å². The lowest BCUT2D eigenvalue weighted by atomic mass is 10.1. The second kappa shape index (κ2) is 8.23. The minimum atomic E-state index is -0.498. The fraction of sp³-hybridized carbons (Fsp3) is 0.538. The predicted octanol–water partition coefficient (Wildman–Crippen LogP) is 4.72. The van der Waals surface area contributed by atoms with Crippen LogP contribution in [-0.4, -0.2) is 23.8 Å². The van der Waals surface area contributed by atoms with Crippen LogP contribution in [-0.2, 0) is 6.54 Å². The van der Waals surface area contributed by atoms with E-state index in [-0.39, 0.29) is 5.56 Å². The van der Waals surface area contributed by atoms with Crippen LogP contribution in [0.2, 0.25) is 0 Å². The number of hydrogen-bond acceptors (Lipinski definition) is 1. The molecule has 0 unspecified atom stereocenters. The van der Waals surface area contributed by atoms with Gasteiger partial charge in [-0.05, 0) is 54.5 Å². The Balaban J connectivity index is 2.54. The van der Waals surface area contributed by atoms with Crippen LogP contribution >= 0.6 is 31.9 Å². The van der Waals surface area contributed by atoms with Crippen LogP contribution in [0, 0.1) is 11.6 Å². The first-order chi connectivity index (χ1) is 8.56. The zero-order valence-electron chi connectivity index (χ0n) is 10.4. The van der Waals surface area contributed by atoms with Gasteiger partial charge in [-0.1, -0.05) is 22.4 Å². The monoisotopic (exact) mass is 383 g/mol. The van der Waals surface area contributed by atoms with Crippen molar-refractivity contribution in [1.29, 1.82) is 0 Å². The highest BCUT2D eigenvalue weighted by molar-refractivity contribution is 9.10. The van der Waals surface area contributed by atoms with Gasteiger partial charge in [0.15, 0.2) is 0 Å². The van der Waals surface area contributed by atoms with Gasteiger partial charge in [0.2, 0.25) is 0 Å². The quantitative estimate of drug-likeness (QED) is 0.373. The van der Waals surface area contributed by atoms with Crippen molar-refractivity contribution < 1.29 is 8.78 Å². The molecule has 1 nitrogen and oxygen atoms in total. The van der Waals surface area contributed by atoms with Gasteiger partial charge in [0, 0.05) is 17.4 Å². The van der Waals surface area contributed by atoms with E-state index in [1.165, 1.54) is 12.1 Å². The van der Waals surface area contributed by atoms with Gasteiger partial charge in [-0.15, -0.1) is 0 Å². The van der Waals surface area contributed by atoms with Crippen molar-refractivity contribution in [2.24, 2.45) is 0 Å². The molecule has 0 amide bonds. The summed E-state index contributed by atoms with van der Waals surface area (Å²) in [4.78, 5) is 1.95. The Morgan fingerprint density at radius 3 is 2.56 bits per heavy atom. The predicted molar refractivity (Wildman–Crippen MR) is 78.0 cm³/mol. The number of benzene rings is 1. The van der Waals surface area contributed by atoms with Gasteiger partial charge < -0.3 is 4.90 Å². The van der Waals surface area contributed by atoms with E-state index >= 15 is 0 Å². The topological polar surface area (TPSA) is 3.24 Å². The molecule has 0 aromatic heterocycles. The third-order valence-electron chi connectivity index (χ3n) is 2.74. The first kappa shape index (κ1) is 16.1. The fourth-order valence-electron chi connectivity index (χ4n) is 1.72. The van der Waals surface area contributed by atoms with Crippen LogP contribution in [0.25, 0.3) is 0 Å². The van der Waals surface area contributed by atoms with Crippen LogP contribution in [0.5, 0.6) is 0 Å².